The van der Waals surface area contributed by atoms with Gasteiger partial charge in [0.05, 0.1) is 23.5 Å². The van der Waals surface area contributed by atoms with E-state index in [0.717, 1.165) is 5.56 Å². The molecule has 10 heteroatoms. The van der Waals surface area contributed by atoms with Gasteiger partial charge < -0.3 is 9.57 Å². The number of rotatable bonds is 8. The molecule has 2 aromatic carbocycles. The molecule has 0 bridgehead atoms. The van der Waals surface area contributed by atoms with Crippen LogP contribution in [0.3, 0.4) is 0 Å². The second-order valence-electron chi connectivity index (χ2n) is 6.14. The second-order valence-corrected chi connectivity index (χ2v) is 6.57. The minimum atomic E-state index is -0.464. The van der Waals surface area contributed by atoms with E-state index >= 15 is 0 Å². The number of carbonyl (C=O) groups is 1. The Hall–Kier alpha value is -3.30. The first kappa shape index (κ1) is 20.4. The number of nitro benzene ring substituents is 1. The number of hydrazone groups is 1. The number of hydrogen-bond donors (Lipinski definition) is 1. The summed E-state index contributed by atoms with van der Waals surface area (Å²) < 4.78 is 5.33. The zero-order valence-corrected chi connectivity index (χ0v) is 15.9. The van der Waals surface area contributed by atoms with Crippen molar-refractivity contribution in [2.45, 2.75) is 12.5 Å². The van der Waals surface area contributed by atoms with E-state index in [1.807, 2.05) is 0 Å². The van der Waals surface area contributed by atoms with E-state index in [0.29, 0.717) is 22.7 Å². The molecule has 1 aliphatic heterocycles. The number of amides is 1. The molecule has 0 saturated carbocycles. The first-order valence-electron chi connectivity index (χ1n) is 8.64. The van der Waals surface area contributed by atoms with E-state index < -0.39 is 10.8 Å². The topological polar surface area (TPSA) is 115 Å². The summed E-state index contributed by atoms with van der Waals surface area (Å²) in [7, 11) is 0. The van der Waals surface area contributed by atoms with Crippen molar-refractivity contribution >= 4 is 35.1 Å². The highest BCUT2D eigenvalue weighted by Gasteiger charge is 2.23. The van der Waals surface area contributed by atoms with Gasteiger partial charge in [-0.25, -0.2) is 5.43 Å². The molecule has 150 valence electrons. The van der Waals surface area contributed by atoms with E-state index in [1.165, 1.54) is 18.3 Å². The van der Waals surface area contributed by atoms with Gasteiger partial charge in [-0.1, -0.05) is 41.0 Å². The molecule has 0 fully saturated rings. The van der Waals surface area contributed by atoms with E-state index in [4.69, 9.17) is 21.2 Å². The lowest BCUT2D eigenvalue weighted by atomic mass is 10.0. The van der Waals surface area contributed by atoms with Gasteiger partial charge in [-0.15, -0.1) is 0 Å². The Balaban J connectivity index is 1.38. The summed E-state index contributed by atoms with van der Waals surface area (Å²) in [6.07, 6.45) is 1.56. The highest BCUT2D eigenvalue weighted by molar-refractivity contribution is 6.30. The molecule has 0 aliphatic carbocycles. The standard InChI is InChI=1S/C19H17ClN4O5/c20-15-6-4-13(5-7-15)10-21-22-19(25)12-28-11-17-9-18(23-29-17)14-2-1-3-16(8-14)24(26)27/h1-8,10,17H,9,11-12H2,(H,22,25)/b21-10+. The highest BCUT2D eigenvalue weighted by Crippen LogP contribution is 2.20. The number of oxime groups is 1. The third kappa shape index (κ3) is 6.09. The molecule has 0 radical (unpaired) electrons. The Bertz CT molecular complexity index is 946. The average molecular weight is 417 g/mol. The van der Waals surface area contributed by atoms with Gasteiger partial charge in [0.2, 0.25) is 0 Å². The largest absolute Gasteiger partial charge is 0.389 e. The fourth-order valence-corrected chi connectivity index (χ4v) is 2.66. The lowest BCUT2D eigenvalue weighted by Gasteiger charge is -2.08. The third-order valence-electron chi connectivity index (χ3n) is 3.93. The van der Waals surface area contributed by atoms with Crippen molar-refractivity contribution in [3.05, 3.63) is 74.8 Å². The SMILES string of the molecule is O=C(COCC1CC(c2cccc([N+](=O)[O-])c2)=NO1)N/N=C/c1ccc(Cl)cc1. The quantitative estimate of drug-likeness (QED) is 0.403. The molecular weight excluding hydrogens is 400 g/mol. The van der Waals surface area contributed by atoms with Crippen LogP contribution in [0.15, 0.2) is 58.8 Å². The van der Waals surface area contributed by atoms with Crippen LogP contribution in [0.5, 0.6) is 0 Å². The number of halogens is 1. The Morgan fingerprint density at radius 3 is 2.93 bits per heavy atom. The highest BCUT2D eigenvalue weighted by atomic mass is 35.5. The number of nitrogens with one attached hydrogen (secondary N) is 1. The van der Waals surface area contributed by atoms with Gasteiger partial charge in [-0.2, -0.15) is 5.10 Å². The molecule has 0 saturated heterocycles. The molecule has 1 amide bonds. The van der Waals surface area contributed by atoms with Gasteiger partial charge in [0.15, 0.2) is 6.10 Å². The van der Waals surface area contributed by atoms with E-state index in [1.54, 1.807) is 36.4 Å². The van der Waals surface area contributed by atoms with Crippen LogP contribution >= 0.6 is 11.6 Å². The Morgan fingerprint density at radius 2 is 2.17 bits per heavy atom. The molecule has 1 aliphatic rings. The van der Waals surface area contributed by atoms with Crippen molar-refractivity contribution in [2.24, 2.45) is 10.3 Å². The van der Waals surface area contributed by atoms with Crippen molar-refractivity contribution in [3.8, 4) is 0 Å². The summed E-state index contributed by atoms with van der Waals surface area (Å²) in [4.78, 5) is 27.4. The Labute approximate surface area is 171 Å². The molecule has 0 spiro atoms. The molecule has 1 unspecified atom stereocenters. The number of nitrogens with zero attached hydrogens (tertiary/aromatic N) is 3. The Morgan fingerprint density at radius 1 is 1.38 bits per heavy atom. The molecule has 1 N–H and O–H groups in total. The maximum atomic E-state index is 11.7. The molecule has 2 aromatic rings. The van der Waals surface area contributed by atoms with Crippen LogP contribution in [0.2, 0.25) is 5.02 Å². The van der Waals surface area contributed by atoms with Gasteiger partial charge in [-0.3, -0.25) is 14.9 Å². The van der Waals surface area contributed by atoms with Gasteiger partial charge in [0.1, 0.15) is 6.61 Å². The van der Waals surface area contributed by atoms with Crippen LogP contribution in [-0.2, 0) is 14.4 Å². The van der Waals surface area contributed by atoms with E-state index in [-0.39, 0.29) is 25.0 Å². The van der Waals surface area contributed by atoms with Crippen molar-refractivity contribution in [1.82, 2.24) is 5.43 Å². The summed E-state index contributed by atoms with van der Waals surface area (Å²) in [5.41, 5.74) is 4.36. The number of ether oxygens (including phenoxy) is 1. The molecule has 1 atom stereocenters. The van der Waals surface area contributed by atoms with Gasteiger partial charge in [0.25, 0.3) is 11.6 Å². The van der Waals surface area contributed by atoms with E-state index in [9.17, 15) is 14.9 Å². The fourth-order valence-electron chi connectivity index (χ4n) is 2.53. The maximum absolute atomic E-state index is 11.7. The minimum Gasteiger partial charge on any atom is -0.389 e. The monoisotopic (exact) mass is 416 g/mol. The summed E-state index contributed by atoms with van der Waals surface area (Å²) in [6, 6.07) is 13.2. The molecule has 9 nitrogen and oxygen atoms in total. The van der Waals surface area contributed by atoms with Crippen LogP contribution < -0.4 is 5.43 Å². The zero-order valence-electron chi connectivity index (χ0n) is 15.2. The number of nitro groups is 1. The molecule has 0 aromatic heterocycles. The molecular formula is C19H17ClN4O5. The first-order chi connectivity index (χ1) is 14.0. The van der Waals surface area contributed by atoms with Crippen LogP contribution in [0, 0.1) is 10.1 Å². The van der Waals surface area contributed by atoms with Crippen molar-refractivity contribution < 1.29 is 19.3 Å². The third-order valence-corrected chi connectivity index (χ3v) is 4.18. The summed E-state index contributed by atoms with van der Waals surface area (Å²) >= 11 is 5.79. The lowest BCUT2D eigenvalue weighted by Crippen LogP contribution is -2.26. The molecule has 3 rings (SSSR count). The van der Waals surface area contributed by atoms with Crippen LogP contribution in [0.4, 0.5) is 5.69 Å². The summed E-state index contributed by atoms with van der Waals surface area (Å²) in [5, 5.41) is 19.3. The summed E-state index contributed by atoms with van der Waals surface area (Å²) in [6.45, 7) is -0.0415. The zero-order chi connectivity index (χ0) is 20.6. The minimum absolute atomic E-state index is 0.0132. The number of non-ortho nitro benzene ring substituents is 1. The molecule has 29 heavy (non-hydrogen) atoms. The van der Waals surface area contributed by atoms with Crippen LogP contribution in [0.1, 0.15) is 17.5 Å². The van der Waals surface area contributed by atoms with Gasteiger partial charge in [0, 0.05) is 29.1 Å². The number of hydrogen-bond acceptors (Lipinski definition) is 7. The van der Waals surface area contributed by atoms with Crippen molar-refractivity contribution in [3.63, 3.8) is 0 Å². The maximum Gasteiger partial charge on any atom is 0.270 e. The van der Waals surface area contributed by atoms with Gasteiger partial charge >= 0.3 is 0 Å². The fraction of sp³-hybridized carbons (Fsp3) is 0.211. The van der Waals surface area contributed by atoms with Gasteiger partial charge in [-0.05, 0) is 17.7 Å². The predicted molar refractivity (Wildman–Crippen MR) is 107 cm³/mol. The first-order valence-corrected chi connectivity index (χ1v) is 9.02. The number of benzene rings is 2. The van der Waals surface area contributed by atoms with Crippen LogP contribution in [0.25, 0.3) is 0 Å². The second kappa shape index (κ2) is 9.76. The van der Waals surface area contributed by atoms with E-state index in [2.05, 4.69) is 15.7 Å². The Kier molecular flexibility index (Phi) is 6.88. The van der Waals surface area contributed by atoms with Crippen molar-refractivity contribution in [1.29, 1.82) is 0 Å². The summed E-state index contributed by atoms with van der Waals surface area (Å²) in [5.74, 6) is -0.409. The van der Waals surface area contributed by atoms with Crippen molar-refractivity contribution in [2.75, 3.05) is 13.2 Å². The molecule has 1 heterocycles. The number of carbonyl (C=O) groups excluding carboxylic acids is 1. The van der Waals surface area contributed by atoms with Crippen LogP contribution in [-0.4, -0.2) is 42.1 Å². The predicted octanol–water partition coefficient (Wildman–Crippen LogP) is 2.91. The smallest absolute Gasteiger partial charge is 0.270 e. The lowest BCUT2D eigenvalue weighted by molar-refractivity contribution is -0.384. The average Bonchev–Trinajstić information content (AvgIpc) is 3.18. The normalized spacial score (nSPS) is 15.8.